The Kier molecular flexibility index (Phi) is 4.65. The van der Waals surface area contributed by atoms with E-state index in [0.717, 1.165) is 42.8 Å². The molecule has 158 valence electrons. The molecule has 10 heteroatoms. The lowest BCUT2D eigenvalue weighted by atomic mass is 10.1. The van der Waals surface area contributed by atoms with Gasteiger partial charge in [0.05, 0.1) is 36.4 Å². The lowest BCUT2D eigenvalue weighted by Crippen LogP contribution is -2.43. The Bertz CT molecular complexity index is 880. The fraction of sp³-hybridized carbons (Fsp3) is 0.737. The monoisotopic (exact) mass is 410 g/mol. The van der Waals surface area contributed by atoms with Crippen LogP contribution in [0.4, 0.5) is 19.0 Å². The fourth-order valence-electron chi connectivity index (χ4n) is 4.89. The molecule has 3 aliphatic heterocycles. The molecule has 0 saturated carbocycles. The van der Waals surface area contributed by atoms with Crippen LogP contribution in [-0.2, 0) is 4.74 Å². The predicted molar refractivity (Wildman–Crippen MR) is 101 cm³/mol. The summed E-state index contributed by atoms with van der Waals surface area (Å²) in [5.74, 6) is 1.58. The molecule has 2 atom stereocenters. The van der Waals surface area contributed by atoms with Gasteiger partial charge in [0.15, 0.2) is 5.65 Å². The summed E-state index contributed by atoms with van der Waals surface area (Å²) in [6.45, 7) is 3.50. The van der Waals surface area contributed by atoms with Crippen LogP contribution in [0, 0.1) is 6.92 Å². The summed E-state index contributed by atoms with van der Waals surface area (Å²) in [7, 11) is 0. The van der Waals surface area contributed by atoms with Gasteiger partial charge in [-0.15, -0.1) is 0 Å². The maximum absolute atomic E-state index is 12.7. The van der Waals surface area contributed by atoms with Crippen molar-refractivity contribution in [1.29, 1.82) is 0 Å². The maximum Gasteiger partial charge on any atom is 0.401 e. The van der Waals surface area contributed by atoms with E-state index in [4.69, 9.17) is 9.72 Å². The van der Waals surface area contributed by atoms with Gasteiger partial charge in [0.2, 0.25) is 0 Å². The average molecular weight is 410 g/mol. The number of likely N-dealkylation sites (tertiary alicyclic amines) is 1. The first kappa shape index (κ1) is 19.0. The van der Waals surface area contributed by atoms with Crippen LogP contribution in [0.5, 0.6) is 0 Å². The highest BCUT2D eigenvalue weighted by atomic mass is 19.4. The topological polar surface area (TPSA) is 59.3 Å². The third kappa shape index (κ3) is 3.79. The summed E-state index contributed by atoms with van der Waals surface area (Å²) in [6.07, 6.45) is 1.61. The molecule has 0 aliphatic carbocycles. The Morgan fingerprint density at radius 2 is 1.76 bits per heavy atom. The van der Waals surface area contributed by atoms with Gasteiger partial charge >= 0.3 is 6.18 Å². The molecule has 3 fully saturated rings. The summed E-state index contributed by atoms with van der Waals surface area (Å²) >= 11 is 0. The summed E-state index contributed by atoms with van der Waals surface area (Å²) in [4.78, 5) is 13.1. The molecule has 7 nitrogen and oxygen atoms in total. The second kappa shape index (κ2) is 7.09. The van der Waals surface area contributed by atoms with Crippen molar-refractivity contribution in [2.45, 2.75) is 57.0 Å². The Hall–Kier alpha value is -1.94. The quantitative estimate of drug-likeness (QED) is 0.776. The minimum absolute atomic E-state index is 0.0556. The molecular formula is C19H25F3N6O. The Balaban J connectivity index is 1.39. The first-order valence-corrected chi connectivity index (χ1v) is 10.3. The highest BCUT2D eigenvalue weighted by Crippen LogP contribution is 2.34. The number of hydrogen-bond acceptors (Lipinski definition) is 6. The van der Waals surface area contributed by atoms with Crippen molar-refractivity contribution in [3.05, 3.63) is 12.0 Å². The molecule has 5 heterocycles. The van der Waals surface area contributed by atoms with E-state index >= 15 is 0 Å². The Morgan fingerprint density at radius 3 is 2.41 bits per heavy atom. The number of rotatable bonds is 3. The summed E-state index contributed by atoms with van der Waals surface area (Å²) in [5.41, 5.74) is 0.778. The van der Waals surface area contributed by atoms with Crippen molar-refractivity contribution < 1.29 is 17.9 Å². The minimum Gasteiger partial charge on any atom is -0.371 e. The third-order valence-electron chi connectivity index (χ3n) is 6.19. The molecule has 0 amide bonds. The van der Waals surface area contributed by atoms with Crippen LogP contribution in [-0.4, -0.2) is 75.8 Å². The summed E-state index contributed by atoms with van der Waals surface area (Å²) in [5, 5.41) is 5.50. The molecule has 2 aromatic rings. The number of aromatic nitrogens is 4. The molecule has 3 aliphatic rings. The minimum atomic E-state index is -4.15. The van der Waals surface area contributed by atoms with Crippen molar-refractivity contribution >= 4 is 16.9 Å². The van der Waals surface area contributed by atoms with Gasteiger partial charge in [0, 0.05) is 26.2 Å². The van der Waals surface area contributed by atoms with Gasteiger partial charge in [-0.3, -0.25) is 4.90 Å². The number of alkyl halides is 3. The van der Waals surface area contributed by atoms with Crippen LogP contribution in [0.3, 0.4) is 0 Å². The van der Waals surface area contributed by atoms with Crippen LogP contribution in [0.2, 0.25) is 0 Å². The van der Waals surface area contributed by atoms with E-state index in [0.29, 0.717) is 31.8 Å². The zero-order chi connectivity index (χ0) is 20.2. The lowest BCUT2D eigenvalue weighted by molar-refractivity contribution is -0.148. The number of aryl methyl sites for hydroxylation is 1. The maximum atomic E-state index is 12.7. The van der Waals surface area contributed by atoms with E-state index in [9.17, 15) is 13.2 Å². The average Bonchev–Trinajstić information content (AvgIpc) is 3.23. The summed E-state index contributed by atoms with van der Waals surface area (Å²) in [6, 6.07) is 0.0556. The Morgan fingerprint density at radius 1 is 1.07 bits per heavy atom. The van der Waals surface area contributed by atoms with Crippen LogP contribution in [0.15, 0.2) is 6.20 Å². The van der Waals surface area contributed by atoms with Crippen LogP contribution < -0.4 is 4.90 Å². The van der Waals surface area contributed by atoms with Gasteiger partial charge in [-0.25, -0.2) is 14.6 Å². The van der Waals surface area contributed by atoms with Gasteiger partial charge in [-0.05, 0) is 32.6 Å². The number of ether oxygens (including phenoxy) is 1. The first-order valence-electron chi connectivity index (χ1n) is 10.3. The fourth-order valence-corrected chi connectivity index (χ4v) is 4.89. The molecule has 0 radical (unpaired) electrons. The number of morpholine rings is 1. The van der Waals surface area contributed by atoms with Crippen molar-refractivity contribution in [2.75, 3.05) is 37.6 Å². The SMILES string of the molecule is Cc1nc(N2CC3CCC(C2)O3)c2cnn(C3CCN(CC(F)(F)F)CC3)c2n1. The number of piperidine rings is 1. The number of nitrogens with zero attached hydrogens (tertiary/aromatic N) is 6. The second-order valence-electron chi connectivity index (χ2n) is 8.41. The largest absolute Gasteiger partial charge is 0.401 e. The van der Waals surface area contributed by atoms with E-state index < -0.39 is 12.7 Å². The molecular weight excluding hydrogens is 385 g/mol. The van der Waals surface area contributed by atoms with Gasteiger partial charge in [-0.1, -0.05) is 0 Å². The van der Waals surface area contributed by atoms with Crippen molar-refractivity contribution in [3.63, 3.8) is 0 Å². The van der Waals surface area contributed by atoms with E-state index in [1.165, 1.54) is 4.90 Å². The first-order chi connectivity index (χ1) is 13.9. The van der Waals surface area contributed by atoms with Crippen molar-refractivity contribution in [1.82, 2.24) is 24.6 Å². The number of fused-ring (bicyclic) bond motifs is 3. The van der Waals surface area contributed by atoms with Crippen molar-refractivity contribution in [2.24, 2.45) is 0 Å². The molecule has 5 rings (SSSR count). The van der Waals surface area contributed by atoms with E-state index in [1.54, 1.807) is 0 Å². The number of halogens is 3. The van der Waals surface area contributed by atoms with E-state index in [2.05, 4.69) is 15.0 Å². The lowest BCUT2D eigenvalue weighted by Gasteiger charge is -2.33. The molecule has 2 unspecified atom stereocenters. The third-order valence-corrected chi connectivity index (χ3v) is 6.19. The highest BCUT2D eigenvalue weighted by molar-refractivity contribution is 5.87. The molecule has 0 spiro atoms. The zero-order valence-electron chi connectivity index (χ0n) is 16.4. The molecule has 0 aromatic carbocycles. The van der Waals surface area contributed by atoms with Gasteiger partial charge < -0.3 is 9.64 Å². The number of hydrogen-bond donors (Lipinski definition) is 0. The van der Waals surface area contributed by atoms with Crippen LogP contribution in [0.1, 0.15) is 37.5 Å². The molecule has 2 aromatic heterocycles. The van der Waals surface area contributed by atoms with Gasteiger partial charge in [-0.2, -0.15) is 18.3 Å². The second-order valence-corrected chi connectivity index (χ2v) is 8.41. The van der Waals surface area contributed by atoms with E-state index in [-0.39, 0.29) is 18.2 Å². The standard InChI is InChI=1S/C19H25F3N6O/c1-12-24-17(27-9-14-2-3-15(10-27)29-14)16-8-23-28(18(16)25-12)13-4-6-26(7-5-13)11-19(20,21)22/h8,13-15H,2-7,9-11H2,1H3. The van der Waals surface area contributed by atoms with Crippen LogP contribution >= 0.6 is 0 Å². The van der Waals surface area contributed by atoms with E-state index in [1.807, 2.05) is 17.8 Å². The highest BCUT2D eigenvalue weighted by Gasteiger charge is 2.36. The predicted octanol–water partition coefficient (Wildman–Crippen LogP) is 2.70. The van der Waals surface area contributed by atoms with Gasteiger partial charge in [0.1, 0.15) is 11.6 Å². The van der Waals surface area contributed by atoms with Gasteiger partial charge in [0.25, 0.3) is 0 Å². The normalized spacial score (nSPS) is 26.6. The molecule has 2 bridgehead atoms. The zero-order valence-corrected chi connectivity index (χ0v) is 16.4. The Labute approximate surface area is 166 Å². The molecule has 0 N–H and O–H groups in total. The molecule has 29 heavy (non-hydrogen) atoms. The smallest absolute Gasteiger partial charge is 0.371 e. The molecule has 3 saturated heterocycles. The van der Waals surface area contributed by atoms with Crippen LogP contribution in [0.25, 0.3) is 11.0 Å². The summed E-state index contributed by atoms with van der Waals surface area (Å²) < 4.78 is 45.8. The number of anilines is 1. The van der Waals surface area contributed by atoms with Crippen molar-refractivity contribution in [3.8, 4) is 0 Å².